The number of aryl methyl sites for hydroxylation is 1. The third kappa shape index (κ3) is 5.38. The molecule has 1 atom stereocenters. The van der Waals surface area contributed by atoms with Crippen LogP contribution in [0.5, 0.6) is 0 Å². The van der Waals surface area contributed by atoms with Gasteiger partial charge in [0.15, 0.2) is 0 Å². The number of nitrogens with two attached hydrogens (primary N) is 1. The average Bonchev–Trinajstić information content (AvgIpc) is 3.62. The Balaban J connectivity index is 1.51. The summed E-state index contributed by atoms with van der Waals surface area (Å²) in [6.45, 7) is 4.29. The molecule has 0 radical (unpaired) electrons. The summed E-state index contributed by atoms with van der Waals surface area (Å²) in [7, 11) is -4.04. The molecule has 36 heavy (non-hydrogen) atoms. The number of benzene rings is 2. The summed E-state index contributed by atoms with van der Waals surface area (Å²) in [6.07, 6.45) is 8.93. The lowest BCUT2D eigenvalue weighted by molar-refractivity contribution is 0.258. The van der Waals surface area contributed by atoms with Crippen molar-refractivity contribution in [3.05, 3.63) is 47.5 Å². The van der Waals surface area contributed by atoms with Crippen molar-refractivity contribution in [2.75, 3.05) is 13.1 Å². The van der Waals surface area contributed by atoms with E-state index in [2.05, 4.69) is 45.0 Å². The Labute approximate surface area is 213 Å². The van der Waals surface area contributed by atoms with E-state index < -0.39 is 10.0 Å². The quantitative estimate of drug-likeness (QED) is 0.414. The predicted octanol–water partition coefficient (Wildman–Crippen LogP) is 4.41. The third-order valence-electron chi connectivity index (χ3n) is 8.21. The zero-order chi connectivity index (χ0) is 25.1. The molecule has 2 aliphatic rings. The molecule has 5 rings (SSSR count). The van der Waals surface area contributed by atoms with Gasteiger partial charge in [-0.1, -0.05) is 75.4 Å². The molecule has 2 aromatic carbocycles. The number of primary sulfonamides is 1. The van der Waals surface area contributed by atoms with Gasteiger partial charge in [-0.2, -0.15) is 5.21 Å². The van der Waals surface area contributed by atoms with Crippen LogP contribution in [0, 0.1) is 11.8 Å². The van der Waals surface area contributed by atoms with Crippen LogP contribution in [-0.4, -0.2) is 42.1 Å². The maximum absolute atomic E-state index is 13.0. The van der Waals surface area contributed by atoms with Gasteiger partial charge in [0, 0.05) is 6.54 Å². The monoisotopic (exact) mass is 508 g/mol. The highest BCUT2D eigenvalue weighted by molar-refractivity contribution is 7.89. The van der Waals surface area contributed by atoms with Crippen LogP contribution in [0.3, 0.4) is 0 Å². The molecular weight excluding hydrogens is 472 g/mol. The topological polar surface area (TPSA) is 127 Å². The van der Waals surface area contributed by atoms with Crippen LogP contribution in [-0.2, 0) is 16.4 Å². The van der Waals surface area contributed by atoms with Gasteiger partial charge >= 0.3 is 0 Å². The highest BCUT2D eigenvalue weighted by atomic mass is 32.2. The Morgan fingerprint density at radius 2 is 1.75 bits per heavy atom. The van der Waals surface area contributed by atoms with E-state index in [1.807, 2.05) is 24.3 Å². The van der Waals surface area contributed by atoms with Gasteiger partial charge in [0.2, 0.25) is 15.8 Å². The lowest BCUT2D eigenvalue weighted by atomic mass is 9.78. The van der Waals surface area contributed by atoms with Gasteiger partial charge < -0.3 is 5.32 Å². The molecule has 1 saturated carbocycles. The molecule has 8 nitrogen and oxygen atoms in total. The van der Waals surface area contributed by atoms with E-state index in [1.54, 1.807) is 0 Å². The normalized spacial score (nSPS) is 22.7. The molecule has 1 aliphatic carbocycles. The summed E-state index contributed by atoms with van der Waals surface area (Å²) in [5.74, 6) is 2.20. The molecule has 1 unspecified atom stereocenters. The number of hydrogen-bond acceptors (Lipinski definition) is 6. The highest BCUT2D eigenvalue weighted by Crippen LogP contribution is 2.39. The Morgan fingerprint density at radius 1 is 1.00 bits per heavy atom. The second kappa shape index (κ2) is 10.8. The molecule has 2 heterocycles. The maximum atomic E-state index is 13.0. The summed E-state index contributed by atoms with van der Waals surface area (Å²) < 4.78 is 26.0. The molecule has 2 fully saturated rings. The third-order valence-corrected chi connectivity index (χ3v) is 9.25. The van der Waals surface area contributed by atoms with Crippen LogP contribution in [0.25, 0.3) is 22.5 Å². The minimum absolute atomic E-state index is 0.118. The van der Waals surface area contributed by atoms with Crippen LogP contribution >= 0.6 is 0 Å². The predicted molar refractivity (Wildman–Crippen MR) is 141 cm³/mol. The van der Waals surface area contributed by atoms with Gasteiger partial charge in [0.25, 0.3) is 0 Å². The van der Waals surface area contributed by atoms with Crippen LogP contribution in [0.1, 0.15) is 68.9 Å². The van der Waals surface area contributed by atoms with E-state index in [4.69, 9.17) is 5.14 Å². The molecule has 3 aromatic rings. The number of aromatic amines is 1. The second-order valence-corrected chi connectivity index (χ2v) is 11.9. The van der Waals surface area contributed by atoms with Crippen LogP contribution in [0.15, 0.2) is 41.3 Å². The Morgan fingerprint density at radius 3 is 2.36 bits per heavy atom. The fourth-order valence-corrected chi connectivity index (χ4v) is 7.06. The molecular formula is C27H36N6O2S. The Bertz CT molecular complexity index is 1260. The summed E-state index contributed by atoms with van der Waals surface area (Å²) in [4.78, 5) is 0.118. The van der Waals surface area contributed by atoms with E-state index >= 15 is 0 Å². The van der Waals surface area contributed by atoms with Crippen molar-refractivity contribution < 1.29 is 8.42 Å². The molecule has 9 heteroatoms. The van der Waals surface area contributed by atoms with Crippen LogP contribution in [0.2, 0.25) is 0 Å². The summed E-state index contributed by atoms with van der Waals surface area (Å²) >= 11 is 0. The zero-order valence-electron chi connectivity index (χ0n) is 20.9. The first-order valence-corrected chi connectivity index (χ1v) is 14.7. The lowest BCUT2D eigenvalue weighted by Gasteiger charge is -2.28. The maximum Gasteiger partial charge on any atom is 0.239 e. The lowest BCUT2D eigenvalue weighted by Crippen LogP contribution is -2.18. The number of hydrogen-bond donors (Lipinski definition) is 3. The SMILES string of the molecule is CCC1CCC(CCc2ccc(-c3ccc(C4CCNC4)cc3)c(-c3nn[nH]n3)c2S(N)(=O)=O)CC1. The van der Waals surface area contributed by atoms with Crippen molar-refractivity contribution in [3.8, 4) is 22.5 Å². The molecule has 0 spiro atoms. The fraction of sp³-hybridized carbons (Fsp3) is 0.519. The smallest absolute Gasteiger partial charge is 0.239 e. The van der Waals surface area contributed by atoms with E-state index in [0.29, 0.717) is 23.8 Å². The summed E-state index contributed by atoms with van der Waals surface area (Å²) in [5, 5.41) is 23.8. The van der Waals surface area contributed by atoms with Gasteiger partial charge in [-0.05, 0) is 71.0 Å². The van der Waals surface area contributed by atoms with Crippen molar-refractivity contribution in [2.45, 2.75) is 69.1 Å². The molecule has 192 valence electrons. The van der Waals surface area contributed by atoms with Crippen molar-refractivity contribution in [2.24, 2.45) is 17.0 Å². The van der Waals surface area contributed by atoms with Crippen molar-refractivity contribution >= 4 is 10.0 Å². The number of nitrogens with zero attached hydrogens (tertiary/aromatic N) is 3. The number of tetrazole rings is 1. The van der Waals surface area contributed by atoms with E-state index in [9.17, 15) is 8.42 Å². The number of sulfonamides is 1. The first kappa shape index (κ1) is 25.0. The van der Waals surface area contributed by atoms with Crippen molar-refractivity contribution in [1.82, 2.24) is 25.9 Å². The second-order valence-electron chi connectivity index (χ2n) is 10.4. The standard InChI is InChI=1S/C27H36N6O2S/c1-2-18-3-5-19(6-4-18)7-8-22-13-14-24(21-11-9-20(10-12-21)23-15-16-29-17-23)25(26(22)36(28,34)35)27-30-32-33-31-27/h9-14,18-19,23,29H,2-8,15-17H2,1H3,(H2,28,34,35)(H,30,31,32,33). The molecule has 4 N–H and O–H groups in total. The van der Waals surface area contributed by atoms with Gasteiger partial charge in [-0.15, -0.1) is 10.2 Å². The molecule has 1 aromatic heterocycles. The fourth-order valence-electron chi connectivity index (χ4n) is 6.04. The summed E-state index contributed by atoms with van der Waals surface area (Å²) in [5.41, 5.74) is 4.08. The van der Waals surface area contributed by atoms with E-state index in [1.165, 1.54) is 37.7 Å². The number of aromatic nitrogens is 4. The van der Waals surface area contributed by atoms with Gasteiger partial charge in [0.1, 0.15) is 0 Å². The largest absolute Gasteiger partial charge is 0.316 e. The minimum Gasteiger partial charge on any atom is -0.316 e. The Kier molecular flexibility index (Phi) is 7.50. The molecule has 1 aliphatic heterocycles. The number of rotatable bonds is 8. The van der Waals surface area contributed by atoms with Gasteiger partial charge in [0.05, 0.1) is 10.5 Å². The molecule has 1 saturated heterocycles. The van der Waals surface area contributed by atoms with Crippen molar-refractivity contribution in [1.29, 1.82) is 0 Å². The molecule has 0 amide bonds. The highest BCUT2D eigenvalue weighted by Gasteiger charge is 2.28. The van der Waals surface area contributed by atoms with E-state index in [0.717, 1.165) is 48.5 Å². The van der Waals surface area contributed by atoms with Crippen LogP contribution in [0.4, 0.5) is 0 Å². The number of H-pyrrole nitrogens is 1. The molecule has 0 bridgehead atoms. The number of nitrogens with one attached hydrogen (secondary N) is 2. The van der Waals surface area contributed by atoms with Crippen molar-refractivity contribution in [3.63, 3.8) is 0 Å². The van der Waals surface area contributed by atoms with E-state index in [-0.39, 0.29) is 10.7 Å². The first-order valence-electron chi connectivity index (χ1n) is 13.2. The van der Waals surface area contributed by atoms with Crippen LogP contribution < -0.4 is 10.5 Å². The summed E-state index contributed by atoms with van der Waals surface area (Å²) in [6, 6.07) is 12.3. The average molecular weight is 509 g/mol. The minimum atomic E-state index is -4.04. The van der Waals surface area contributed by atoms with Gasteiger partial charge in [-0.25, -0.2) is 13.6 Å². The Hall–Kier alpha value is -2.62. The zero-order valence-corrected chi connectivity index (χ0v) is 21.7. The van der Waals surface area contributed by atoms with Gasteiger partial charge in [-0.3, -0.25) is 0 Å². The first-order chi connectivity index (χ1) is 17.4.